The smallest absolute Gasteiger partial charge is 0.307 e. The molecule has 20 heavy (non-hydrogen) atoms. The molecule has 0 aliphatic heterocycles. The minimum Gasteiger partial charge on any atom is -0.497 e. The highest BCUT2D eigenvalue weighted by Gasteiger charge is 2.04. The summed E-state index contributed by atoms with van der Waals surface area (Å²) >= 11 is 0. The molecular weight excluding hydrogens is 258 g/mol. The Morgan fingerprint density at radius 3 is 2.55 bits per heavy atom. The van der Waals surface area contributed by atoms with Gasteiger partial charge in [0.1, 0.15) is 5.75 Å². The number of carbonyl (C=O) groups is 1. The van der Waals surface area contributed by atoms with E-state index in [1.165, 1.54) is 0 Å². The number of rotatable bonds is 6. The number of carbonyl (C=O) groups excluding carboxylic acids is 1. The van der Waals surface area contributed by atoms with Gasteiger partial charge in [-0.25, -0.2) is 0 Å². The van der Waals surface area contributed by atoms with Crippen LogP contribution >= 0.6 is 0 Å². The first-order chi connectivity index (χ1) is 9.51. The lowest BCUT2D eigenvalue weighted by atomic mass is 10.3. The predicted octanol–water partition coefficient (Wildman–Crippen LogP) is 1.76. The third-order valence-corrected chi connectivity index (χ3v) is 2.33. The molecule has 0 bridgehead atoms. The van der Waals surface area contributed by atoms with Crippen molar-refractivity contribution in [3.05, 3.63) is 24.3 Å². The molecule has 0 aromatic heterocycles. The van der Waals surface area contributed by atoms with Crippen molar-refractivity contribution in [2.45, 2.75) is 26.4 Å². The van der Waals surface area contributed by atoms with E-state index >= 15 is 0 Å². The molecule has 0 aliphatic carbocycles. The maximum atomic E-state index is 11.3. The molecule has 1 rings (SSSR count). The average Bonchev–Trinajstić information content (AvgIpc) is 2.38. The van der Waals surface area contributed by atoms with Crippen LogP contribution in [-0.4, -0.2) is 31.7 Å². The third kappa shape index (κ3) is 6.08. The largest absolute Gasteiger partial charge is 0.497 e. The quantitative estimate of drug-likeness (QED) is 0.471. The number of anilines is 1. The third-order valence-electron chi connectivity index (χ3n) is 2.33. The topological polar surface area (TPSA) is 85.9 Å². The van der Waals surface area contributed by atoms with Crippen molar-refractivity contribution in [3.63, 3.8) is 0 Å². The van der Waals surface area contributed by atoms with Gasteiger partial charge in [0.2, 0.25) is 0 Å². The Morgan fingerprint density at radius 2 is 2.00 bits per heavy atom. The second-order valence-corrected chi connectivity index (χ2v) is 4.41. The van der Waals surface area contributed by atoms with E-state index in [4.69, 9.17) is 15.2 Å². The van der Waals surface area contributed by atoms with Crippen molar-refractivity contribution in [2.24, 2.45) is 10.7 Å². The zero-order valence-corrected chi connectivity index (χ0v) is 12.1. The van der Waals surface area contributed by atoms with Gasteiger partial charge in [-0.05, 0) is 38.1 Å². The van der Waals surface area contributed by atoms with Gasteiger partial charge in [0.15, 0.2) is 5.96 Å². The summed E-state index contributed by atoms with van der Waals surface area (Å²) in [6.45, 7) is 3.90. The number of nitrogens with two attached hydrogens (primary N) is 1. The van der Waals surface area contributed by atoms with E-state index in [2.05, 4.69) is 10.3 Å². The molecule has 3 N–H and O–H groups in total. The van der Waals surface area contributed by atoms with Crippen molar-refractivity contribution in [2.75, 3.05) is 19.0 Å². The number of hydrogen-bond acceptors (Lipinski definition) is 4. The van der Waals surface area contributed by atoms with Crippen LogP contribution in [-0.2, 0) is 9.53 Å². The summed E-state index contributed by atoms with van der Waals surface area (Å²) in [5.41, 5.74) is 6.52. The molecule has 110 valence electrons. The summed E-state index contributed by atoms with van der Waals surface area (Å²) in [4.78, 5) is 15.4. The summed E-state index contributed by atoms with van der Waals surface area (Å²) in [6, 6.07) is 7.29. The first-order valence-corrected chi connectivity index (χ1v) is 6.41. The second-order valence-electron chi connectivity index (χ2n) is 4.41. The lowest BCUT2D eigenvalue weighted by molar-refractivity contribution is -0.147. The Hall–Kier alpha value is -2.24. The van der Waals surface area contributed by atoms with Crippen molar-refractivity contribution >= 4 is 17.6 Å². The van der Waals surface area contributed by atoms with Crippen LogP contribution in [0.5, 0.6) is 5.75 Å². The van der Waals surface area contributed by atoms with Crippen molar-refractivity contribution < 1.29 is 14.3 Å². The molecule has 6 heteroatoms. The molecule has 0 fully saturated rings. The molecule has 0 saturated carbocycles. The first-order valence-electron chi connectivity index (χ1n) is 6.41. The Bertz CT molecular complexity index is 455. The molecule has 0 spiro atoms. The lowest BCUT2D eigenvalue weighted by Gasteiger charge is -2.08. The maximum Gasteiger partial charge on any atom is 0.307 e. The molecule has 0 unspecified atom stereocenters. The average molecular weight is 279 g/mol. The monoisotopic (exact) mass is 279 g/mol. The molecule has 0 saturated heterocycles. The molecule has 0 heterocycles. The molecule has 1 aromatic carbocycles. The van der Waals surface area contributed by atoms with Gasteiger partial charge in [-0.3, -0.25) is 9.79 Å². The van der Waals surface area contributed by atoms with E-state index < -0.39 is 0 Å². The van der Waals surface area contributed by atoms with E-state index in [9.17, 15) is 4.79 Å². The summed E-state index contributed by atoms with van der Waals surface area (Å²) in [5.74, 6) is 0.746. The fourth-order valence-corrected chi connectivity index (χ4v) is 1.45. The number of hydrogen-bond donors (Lipinski definition) is 2. The van der Waals surface area contributed by atoms with Crippen molar-refractivity contribution in [3.8, 4) is 5.75 Å². The molecule has 0 radical (unpaired) electrons. The number of ether oxygens (including phenoxy) is 2. The number of guanidine groups is 1. The zero-order chi connectivity index (χ0) is 15.0. The van der Waals surface area contributed by atoms with E-state index in [0.29, 0.717) is 6.54 Å². The number of aliphatic imine (C=N–C) groups is 1. The SMILES string of the molecule is COc1ccc(NC(N)=NCCC(=O)OC(C)C)cc1. The normalized spacial score (nSPS) is 11.3. The van der Waals surface area contributed by atoms with Crippen LogP contribution in [0, 0.1) is 0 Å². The molecule has 0 amide bonds. The molecule has 6 nitrogen and oxygen atoms in total. The summed E-state index contributed by atoms with van der Waals surface area (Å²) < 4.78 is 10.0. The predicted molar refractivity (Wildman–Crippen MR) is 79.0 cm³/mol. The van der Waals surface area contributed by atoms with Crippen LogP contribution in [0.4, 0.5) is 5.69 Å². The molecule has 1 aromatic rings. The van der Waals surface area contributed by atoms with Crippen molar-refractivity contribution in [1.82, 2.24) is 0 Å². The summed E-state index contributed by atoms with van der Waals surface area (Å²) in [7, 11) is 1.61. The summed E-state index contributed by atoms with van der Waals surface area (Å²) in [6.07, 6.45) is 0.102. The van der Waals surface area contributed by atoms with Crippen LogP contribution < -0.4 is 15.8 Å². The van der Waals surface area contributed by atoms with Crippen LogP contribution in [0.3, 0.4) is 0 Å². The van der Waals surface area contributed by atoms with E-state index in [-0.39, 0.29) is 24.5 Å². The fourth-order valence-electron chi connectivity index (χ4n) is 1.45. The molecule has 0 aliphatic rings. The van der Waals surface area contributed by atoms with Crippen LogP contribution in [0.2, 0.25) is 0 Å². The number of nitrogens with one attached hydrogen (secondary N) is 1. The highest BCUT2D eigenvalue weighted by molar-refractivity contribution is 5.92. The number of benzene rings is 1. The van der Waals surface area contributed by atoms with Gasteiger partial charge in [0.05, 0.1) is 26.2 Å². The maximum absolute atomic E-state index is 11.3. The van der Waals surface area contributed by atoms with Crippen LogP contribution in [0.15, 0.2) is 29.3 Å². The Balaban J connectivity index is 2.39. The van der Waals surface area contributed by atoms with Gasteiger partial charge >= 0.3 is 5.97 Å². The van der Waals surface area contributed by atoms with Gasteiger partial charge in [0.25, 0.3) is 0 Å². The standard InChI is InChI=1S/C14H21N3O3/c1-10(2)20-13(18)8-9-16-14(15)17-11-4-6-12(19-3)7-5-11/h4-7,10H,8-9H2,1-3H3,(H3,15,16,17). The summed E-state index contributed by atoms with van der Waals surface area (Å²) in [5, 5.41) is 2.93. The number of nitrogens with zero attached hydrogens (tertiary/aromatic N) is 1. The molecule has 0 atom stereocenters. The lowest BCUT2D eigenvalue weighted by Crippen LogP contribution is -2.23. The fraction of sp³-hybridized carbons (Fsp3) is 0.429. The number of esters is 1. The van der Waals surface area contributed by atoms with Crippen LogP contribution in [0.1, 0.15) is 20.3 Å². The highest BCUT2D eigenvalue weighted by atomic mass is 16.5. The van der Waals surface area contributed by atoms with E-state index in [0.717, 1.165) is 11.4 Å². The second kappa shape index (κ2) is 8.04. The zero-order valence-electron chi connectivity index (χ0n) is 12.1. The van der Waals surface area contributed by atoms with Crippen molar-refractivity contribution in [1.29, 1.82) is 0 Å². The van der Waals surface area contributed by atoms with Crippen LogP contribution in [0.25, 0.3) is 0 Å². The minimum atomic E-state index is -0.277. The Morgan fingerprint density at radius 1 is 1.35 bits per heavy atom. The van der Waals surface area contributed by atoms with Gasteiger partial charge < -0.3 is 20.5 Å². The van der Waals surface area contributed by atoms with Gasteiger partial charge in [-0.15, -0.1) is 0 Å². The number of methoxy groups -OCH3 is 1. The van der Waals surface area contributed by atoms with E-state index in [1.54, 1.807) is 21.0 Å². The minimum absolute atomic E-state index is 0.110. The van der Waals surface area contributed by atoms with E-state index in [1.807, 2.05) is 24.3 Å². The highest BCUT2D eigenvalue weighted by Crippen LogP contribution is 2.14. The van der Waals surface area contributed by atoms with Gasteiger partial charge in [-0.2, -0.15) is 0 Å². The Labute approximate surface area is 119 Å². The van der Waals surface area contributed by atoms with Gasteiger partial charge in [0, 0.05) is 5.69 Å². The Kier molecular flexibility index (Phi) is 6.36. The van der Waals surface area contributed by atoms with Gasteiger partial charge in [-0.1, -0.05) is 0 Å². The molecular formula is C14H21N3O3. The first kappa shape index (κ1) is 15.8.